The molecular weight excluding hydrogens is 296 g/mol. The van der Waals surface area contributed by atoms with E-state index in [1.807, 2.05) is 39.6 Å². The third-order valence-corrected chi connectivity index (χ3v) is 6.01. The molecule has 0 aromatic heterocycles. The fourth-order valence-electron chi connectivity index (χ4n) is 4.24. The second-order valence-corrected chi connectivity index (χ2v) is 7.93. The molecule has 0 aromatic rings. The highest BCUT2D eigenvalue weighted by Crippen LogP contribution is 2.29. The molecular formula is C21H42N2O. The molecule has 0 N–H and O–H groups in total. The first-order chi connectivity index (χ1) is 11.5. The van der Waals surface area contributed by atoms with Crippen LogP contribution in [0.2, 0.25) is 0 Å². The van der Waals surface area contributed by atoms with E-state index in [9.17, 15) is 4.79 Å². The summed E-state index contributed by atoms with van der Waals surface area (Å²) in [4.78, 5) is 16.8. The number of rotatable bonds is 5. The quantitative estimate of drug-likeness (QED) is 0.718. The monoisotopic (exact) mass is 338 g/mol. The first-order valence-electron chi connectivity index (χ1n) is 10.5. The maximum absolute atomic E-state index is 12.1. The molecule has 0 bridgehead atoms. The molecule has 2 aliphatic rings. The molecule has 1 aliphatic carbocycles. The second kappa shape index (κ2) is 11.1. The van der Waals surface area contributed by atoms with Crippen LogP contribution < -0.4 is 0 Å². The maximum Gasteiger partial charge on any atom is 0.225 e. The fraction of sp³-hybridized carbons (Fsp3) is 0.952. The van der Waals surface area contributed by atoms with Crippen LogP contribution in [0.25, 0.3) is 0 Å². The third kappa shape index (κ3) is 6.38. The molecule has 142 valence electrons. The molecule has 0 spiro atoms. The summed E-state index contributed by atoms with van der Waals surface area (Å²) < 4.78 is 0. The van der Waals surface area contributed by atoms with Crippen LogP contribution in [0.15, 0.2) is 0 Å². The van der Waals surface area contributed by atoms with Crippen LogP contribution in [0.5, 0.6) is 0 Å². The molecule has 0 aromatic carbocycles. The van der Waals surface area contributed by atoms with E-state index in [-0.39, 0.29) is 5.92 Å². The Hall–Kier alpha value is -0.570. The fourth-order valence-corrected chi connectivity index (χ4v) is 4.24. The van der Waals surface area contributed by atoms with E-state index in [2.05, 4.69) is 11.8 Å². The van der Waals surface area contributed by atoms with Crippen LogP contribution in [-0.4, -0.2) is 48.4 Å². The van der Waals surface area contributed by atoms with Crippen molar-refractivity contribution in [1.82, 2.24) is 9.80 Å². The number of nitrogens with zero attached hydrogens (tertiary/aromatic N) is 2. The molecule has 0 radical (unpaired) electrons. The Morgan fingerprint density at radius 2 is 1.54 bits per heavy atom. The van der Waals surface area contributed by atoms with Gasteiger partial charge in [-0.05, 0) is 63.5 Å². The molecule has 1 saturated carbocycles. The number of hydrogen-bond donors (Lipinski definition) is 0. The van der Waals surface area contributed by atoms with E-state index < -0.39 is 0 Å². The molecule has 1 saturated heterocycles. The summed E-state index contributed by atoms with van der Waals surface area (Å²) in [7, 11) is 2.00. The molecule has 24 heavy (non-hydrogen) atoms. The second-order valence-electron chi connectivity index (χ2n) is 7.93. The van der Waals surface area contributed by atoms with E-state index in [1.165, 1.54) is 64.6 Å². The smallest absolute Gasteiger partial charge is 0.225 e. The number of carbonyl (C=O) groups excluding carboxylic acids is 1. The summed E-state index contributed by atoms with van der Waals surface area (Å²) in [6, 6.07) is 0.483. The summed E-state index contributed by atoms with van der Waals surface area (Å²) in [5, 5.41) is 0. The number of carbonyl (C=O) groups is 1. The minimum atomic E-state index is 0.127. The SMILES string of the molecule is CC.CCC1CCN(CC2CCC(N(C)C(=O)C(C)C)CC2)CC1. The Bertz CT molecular complexity index is 340. The molecule has 3 nitrogen and oxygen atoms in total. The molecule has 2 rings (SSSR count). The largest absolute Gasteiger partial charge is 0.343 e. The average molecular weight is 339 g/mol. The van der Waals surface area contributed by atoms with Crippen LogP contribution in [0.1, 0.15) is 79.6 Å². The molecule has 0 atom stereocenters. The molecule has 1 aliphatic heterocycles. The van der Waals surface area contributed by atoms with E-state index in [4.69, 9.17) is 0 Å². The van der Waals surface area contributed by atoms with Gasteiger partial charge in [0.1, 0.15) is 0 Å². The van der Waals surface area contributed by atoms with Gasteiger partial charge in [-0.15, -0.1) is 0 Å². The van der Waals surface area contributed by atoms with Crippen LogP contribution in [0, 0.1) is 17.8 Å². The van der Waals surface area contributed by atoms with Gasteiger partial charge in [-0.25, -0.2) is 0 Å². The molecule has 2 fully saturated rings. The minimum Gasteiger partial charge on any atom is -0.343 e. The number of hydrogen-bond acceptors (Lipinski definition) is 2. The van der Waals surface area contributed by atoms with Gasteiger partial charge in [0, 0.05) is 25.6 Å². The van der Waals surface area contributed by atoms with E-state index in [1.54, 1.807) is 0 Å². The highest BCUT2D eigenvalue weighted by atomic mass is 16.2. The summed E-state index contributed by atoms with van der Waals surface area (Å²) in [5.41, 5.74) is 0. The van der Waals surface area contributed by atoms with Crippen molar-refractivity contribution >= 4 is 5.91 Å². The standard InChI is InChI=1S/C19H36N2O.C2H6/c1-5-16-10-12-21(13-11-16)14-17-6-8-18(9-7-17)20(4)19(22)15(2)3;1-2/h15-18H,5-14H2,1-4H3;1-2H3. The van der Waals surface area contributed by atoms with Gasteiger partial charge in [0.15, 0.2) is 0 Å². The molecule has 3 heteroatoms. The molecule has 1 heterocycles. The van der Waals surface area contributed by atoms with Gasteiger partial charge in [0.05, 0.1) is 0 Å². The Labute approximate surface area is 151 Å². The van der Waals surface area contributed by atoms with Crippen molar-refractivity contribution in [2.45, 2.75) is 85.6 Å². The number of amides is 1. The van der Waals surface area contributed by atoms with Gasteiger partial charge in [-0.3, -0.25) is 4.79 Å². The van der Waals surface area contributed by atoms with E-state index >= 15 is 0 Å². The van der Waals surface area contributed by atoms with Crippen molar-refractivity contribution in [1.29, 1.82) is 0 Å². The summed E-state index contributed by atoms with van der Waals surface area (Å²) in [5.74, 6) is 2.27. The maximum atomic E-state index is 12.1. The Balaban J connectivity index is 0.00000139. The predicted octanol–water partition coefficient (Wildman–Crippen LogP) is 4.81. The van der Waals surface area contributed by atoms with Crippen molar-refractivity contribution < 1.29 is 4.79 Å². The van der Waals surface area contributed by atoms with Gasteiger partial charge in [-0.2, -0.15) is 0 Å². The normalized spacial score (nSPS) is 26.0. The zero-order chi connectivity index (χ0) is 18.1. The highest BCUT2D eigenvalue weighted by Gasteiger charge is 2.29. The van der Waals surface area contributed by atoms with Crippen LogP contribution >= 0.6 is 0 Å². The van der Waals surface area contributed by atoms with Gasteiger partial charge in [0.2, 0.25) is 5.91 Å². The van der Waals surface area contributed by atoms with Crippen molar-refractivity contribution in [2.75, 3.05) is 26.7 Å². The van der Waals surface area contributed by atoms with Crippen molar-refractivity contribution in [2.24, 2.45) is 17.8 Å². The molecule has 1 amide bonds. The topological polar surface area (TPSA) is 23.6 Å². The van der Waals surface area contributed by atoms with Gasteiger partial charge < -0.3 is 9.80 Å². The predicted molar refractivity (Wildman–Crippen MR) is 104 cm³/mol. The first-order valence-corrected chi connectivity index (χ1v) is 10.5. The zero-order valence-corrected chi connectivity index (χ0v) is 17.2. The third-order valence-electron chi connectivity index (χ3n) is 6.01. The lowest BCUT2D eigenvalue weighted by molar-refractivity contribution is -0.136. The number of likely N-dealkylation sites (tertiary alicyclic amines) is 1. The Kier molecular flexibility index (Phi) is 9.95. The Morgan fingerprint density at radius 1 is 1.00 bits per heavy atom. The van der Waals surface area contributed by atoms with Crippen LogP contribution in [0.4, 0.5) is 0 Å². The van der Waals surface area contributed by atoms with Crippen LogP contribution in [0.3, 0.4) is 0 Å². The van der Waals surface area contributed by atoms with E-state index in [0.717, 1.165) is 11.8 Å². The Morgan fingerprint density at radius 3 is 2.00 bits per heavy atom. The van der Waals surface area contributed by atoms with Gasteiger partial charge in [0.25, 0.3) is 0 Å². The van der Waals surface area contributed by atoms with Crippen LogP contribution in [-0.2, 0) is 4.79 Å². The summed E-state index contributed by atoms with van der Waals surface area (Å²) >= 11 is 0. The average Bonchev–Trinajstić information content (AvgIpc) is 2.63. The lowest BCUT2D eigenvalue weighted by Crippen LogP contribution is -2.43. The first kappa shape index (κ1) is 21.5. The lowest BCUT2D eigenvalue weighted by atomic mass is 9.84. The van der Waals surface area contributed by atoms with Crippen molar-refractivity contribution in [3.63, 3.8) is 0 Å². The summed E-state index contributed by atoms with van der Waals surface area (Å²) in [6.45, 7) is 14.3. The minimum absolute atomic E-state index is 0.127. The van der Waals surface area contributed by atoms with E-state index in [0.29, 0.717) is 11.9 Å². The molecule has 0 unspecified atom stereocenters. The van der Waals surface area contributed by atoms with Gasteiger partial charge >= 0.3 is 0 Å². The number of piperidine rings is 1. The summed E-state index contributed by atoms with van der Waals surface area (Å²) in [6.07, 6.45) is 9.16. The highest BCUT2D eigenvalue weighted by molar-refractivity contribution is 5.78. The zero-order valence-electron chi connectivity index (χ0n) is 17.2. The van der Waals surface area contributed by atoms with Crippen molar-refractivity contribution in [3.8, 4) is 0 Å². The van der Waals surface area contributed by atoms with Crippen molar-refractivity contribution in [3.05, 3.63) is 0 Å². The lowest BCUT2D eigenvalue weighted by Gasteiger charge is -2.39. The van der Waals surface area contributed by atoms with Gasteiger partial charge in [-0.1, -0.05) is 41.0 Å².